The first kappa shape index (κ1) is 15.3. The van der Waals surface area contributed by atoms with E-state index >= 15 is 0 Å². The Balaban J connectivity index is 2.43. The van der Waals surface area contributed by atoms with Crippen molar-refractivity contribution in [3.63, 3.8) is 0 Å². The van der Waals surface area contributed by atoms with E-state index in [0.29, 0.717) is 16.3 Å². The van der Waals surface area contributed by atoms with Gasteiger partial charge in [0.25, 0.3) is 10.0 Å². The summed E-state index contributed by atoms with van der Waals surface area (Å²) in [5.41, 5.74) is 6.43. The Bertz CT molecular complexity index is 735. The van der Waals surface area contributed by atoms with Crippen LogP contribution >= 0.6 is 27.5 Å². The van der Waals surface area contributed by atoms with Crippen LogP contribution in [0.1, 0.15) is 5.56 Å². The van der Waals surface area contributed by atoms with E-state index in [2.05, 4.69) is 20.7 Å². The molecule has 0 amide bonds. The van der Waals surface area contributed by atoms with Gasteiger partial charge < -0.3 is 5.73 Å². The molecule has 0 radical (unpaired) electrons. The van der Waals surface area contributed by atoms with Crippen LogP contribution < -0.4 is 10.5 Å². The van der Waals surface area contributed by atoms with Crippen molar-refractivity contribution >= 4 is 43.2 Å². The van der Waals surface area contributed by atoms with E-state index in [-0.39, 0.29) is 11.4 Å². The molecule has 0 unspecified atom stereocenters. The van der Waals surface area contributed by atoms with E-state index in [4.69, 9.17) is 17.3 Å². The van der Waals surface area contributed by atoms with Gasteiger partial charge in [-0.25, -0.2) is 8.42 Å². The molecule has 3 N–H and O–H groups in total. The highest BCUT2D eigenvalue weighted by Gasteiger charge is 2.18. The Kier molecular flexibility index (Phi) is 4.70. The van der Waals surface area contributed by atoms with Gasteiger partial charge in [-0.05, 0) is 29.8 Å². The number of sulfonamides is 1. The maximum absolute atomic E-state index is 12.4. The fourth-order valence-corrected chi connectivity index (χ4v) is 3.61. The van der Waals surface area contributed by atoms with Gasteiger partial charge in [0.2, 0.25) is 0 Å². The molecule has 0 saturated heterocycles. The van der Waals surface area contributed by atoms with Crippen LogP contribution in [-0.4, -0.2) is 8.42 Å². The highest BCUT2D eigenvalue weighted by molar-refractivity contribution is 9.10. The molecule has 0 spiro atoms. The molecule has 2 aromatic carbocycles. The van der Waals surface area contributed by atoms with Gasteiger partial charge in [-0.3, -0.25) is 4.72 Å². The molecule has 0 aliphatic rings. The number of benzene rings is 2. The number of nitrogens with one attached hydrogen (secondary N) is 1. The third kappa shape index (κ3) is 3.32. The van der Waals surface area contributed by atoms with Crippen molar-refractivity contribution in [1.82, 2.24) is 0 Å². The molecule has 0 heterocycles. The third-order valence-electron chi connectivity index (χ3n) is 2.65. The molecule has 0 aliphatic carbocycles. The molecule has 0 aliphatic heterocycles. The van der Waals surface area contributed by atoms with E-state index in [1.807, 2.05) is 0 Å². The first-order valence-corrected chi connectivity index (χ1v) is 8.35. The Morgan fingerprint density at radius 2 is 1.90 bits per heavy atom. The van der Waals surface area contributed by atoms with Crippen LogP contribution in [0.5, 0.6) is 0 Å². The van der Waals surface area contributed by atoms with Crippen molar-refractivity contribution < 1.29 is 8.42 Å². The molecule has 0 bridgehead atoms. The largest absolute Gasteiger partial charge is 0.326 e. The van der Waals surface area contributed by atoms with E-state index in [9.17, 15) is 8.42 Å². The second-order valence-corrected chi connectivity index (χ2v) is 7.02. The van der Waals surface area contributed by atoms with E-state index in [1.165, 1.54) is 6.07 Å². The second kappa shape index (κ2) is 6.13. The van der Waals surface area contributed by atoms with Gasteiger partial charge >= 0.3 is 0 Å². The lowest BCUT2D eigenvalue weighted by Gasteiger charge is -2.12. The fraction of sp³-hybridized carbons (Fsp3) is 0.0769. The van der Waals surface area contributed by atoms with Crippen LogP contribution in [0, 0.1) is 0 Å². The van der Waals surface area contributed by atoms with Crippen molar-refractivity contribution in [2.24, 2.45) is 5.73 Å². The van der Waals surface area contributed by atoms with Crippen LogP contribution in [0.4, 0.5) is 5.69 Å². The van der Waals surface area contributed by atoms with Crippen LogP contribution in [0.15, 0.2) is 51.8 Å². The minimum Gasteiger partial charge on any atom is -0.326 e. The molecule has 4 nitrogen and oxygen atoms in total. The number of anilines is 1. The van der Waals surface area contributed by atoms with Crippen molar-refractivity contribution in [3.05, 3.63) is 57.5 Å². The highest BCUT2D eigenvalue weighted by Crippen LogP contribution is 2.28. The monoisotopic (exact) mass is 374 g/mol. The lowest BCUT2D eigenvalue weighted by atomic mass is 10.2. The molecule has 2 aromatic rings. The van der Waals surface area contributed by atoms with E-state index < -0.39 is 10.0 Å². The summed E-state index contributed by atoms with van der Waals surface area (Å²) in [5, 5.41) is 0.321. The molecular formula is C13H12BrClN2O2S. The Labute approximate surface area is 131 Å². The number of halogens is 2. The van der Waals surface area contributed by atoms with Gasteiger partial charge in [0.15, 0.2) is 0 Å². The SMILES string of the molecule is NCc1ccccc1S(=O)(=O)Nc1cc(Br)ccc1Cl. The highest BCUT2D eigenvalue weighted by atomic mass is 79.9. The summed E-state index contributed by atoms with van der Waals surface area (Å²) >= 11 is 9.27. The van der Waals surface area contributed by atoms with Gasteiger partial charge in [0.05, 0.1) is 15.6 Å². The maximum atomic E-state index is 12.4. The van der Waals surface area contributed by atoms with Crippen molar-refractivity contribution in [2.75, 3.05) is 4.72 Å². The first-order chi connectivity index (χ1) is 9.44. The predicted molar refractivity (Wildman–Crippen MR) is 84.3 cm³/mol. The van der Waals surface area contributed by atoms with Crippen LogP contribution in [0.25, 0.3) is 0 Å². The molecular weight excluding hydrogens is 364 g/mol. The van der Waals surface area contributed by atoms with Crippen LogP contribution in [0.3, 0.4) is 0 Å². The van der Waals surface area contributed by atoms with Gasteiger partial charge in [-0.15, -0.1) is 0 Å². The molecule has 0 saturated carbocycles. The molecule has 7 heteroatoms. The summed E-state index contributed by atoms with van der Waals surface area (Å²) in [7, 11) is -3.73. The Morgan fingerprint density at radius 3 is 2.60 bits per heavy atom. The van der Waals surface area contributed by atoms with Crippen molar-refractivity contribution in [1.29, 1.82) is 0 Å². The van der Waals surface area contributed by atoms with Gasteiger partial charge in [-0.2, -0.15) is 0 Å². The summed E-state index contributed by atoms with van der Waals surface area (Å²) < 4.78 is 28.0. The summed E-state index contributed by atoms with van der Waals surface area (Å²) in [6.07, 6.45) is 0. The van der Waals surface area contributed by atoms with Gasteiger partial charge in [0.1, 0.15) is 0 Å². The molecule has 0 fully saturated rings. The zero-order chi connectivity index (χ0) is 14.8. The van der Waals surface area contributed by atoms with Crippen LogP contribution in [0.2, 0.25) is 5.02 Å². The predicted octanol–water partition coefficient (Wildman–Crippen LogP) is 3.36. The summed E-state index contributed by atoms with van der Waals surface area (Å²) in [6, 6.07) is 11.5. The number of nitrogens with two attached hydrogens (primary N) is 1. The zero-order valence-corrected chi connectivity index (χ0v) is 13.5. The van der Waals surface area contributed by atoms with Gasteiger partial charge in [-0.1, -0.05) is 45.7 Å². The minimum atomic E-state index is -3.73. The third-order valence-corrected chi connectivity index (χ3v) is 4.94. The summed E-state index contributed by atoms with van der Waals surface area (Å²) in [4.78, 5) is 0.151. The second-order valence-electron chi connectivity index (χ2n) is 4.04. The fourth-order valence-electron chi connectivity index (χ4n) is 1.71. The number of hydrogen-bond donors (Lipinski definition) is 2. The molecule has 2 rings (SSSR count). The van der Waals surface area contributed by atoms with Crippen LogP contribution in [-0.2, 0) is 16.6 Å². The summed E-state index contributed by atoms with van der Waals surface area (Å²) in [6.45, 7) is 0.142. The number of rotatable bonds is 4. The van der Waals surface area contributed by atoms with Crippen molar-refractivity contribution in [3.8, 4) is 0 Å². The standard InChI is InChI=1S/C13H12BrClN2O2S/c14-10-5-6-11(15)12(7-10)17-20(18,19)13-4-2-1-3-9(13)8-16/h1-7,17H,8,16H2. The normalized spacial score (nSPS) is 11.3. The first-order valence-electron chi connectivity index (χ1n) is 5.70. The topological polar surface area (TPSA) is 72.2 Å². The van der Waals surface area contributed by atoms with E-state index in [1.54, 1.807) is 36.4 Å². The van der Waals surface area contributed by atoms with Crippen molar-refractivity contribution in [2.45, 2.75) is 11.4 Å². The van der Waals surface area contributed by atoms with E-state index in [0.717, 1.165) is 4.47 Å². The molecule has 20 heavy (non-hydrogen) atoms. The Hall–Kier alpha value is -1.08. The maximum Gasteiger partial charge on any atom is 0.262 e. The Morgan fingerprint density at radius 1 is 1.20 bits per heavy atom. The average molecular weight is 376 g/mol. The quantitative estimate of drug-likeness (QED) is 0.860. The zero-order valence-electron chi connectivity index (χ0n) is 10.3. The lowest BCUT2D eigenvalue weighted by molar-refractivity contribution is 0.600. The number of hydrogen-bond acceptors (Lipinski definition) is 3. The molecule has 0 aromatic heterocycles. The molecule has 106 valence electrons. The lowest BCUT2D eigenvalue weighted by Crippen LogP contribution is -2.16. The van der Waals surface area contributed by atoms with Gasteiger partial charge in [0, 0.05) is 11.0 Å². The summed E-state index contributed by atoms with van der Waals surface area (Å²) in [5.74, 6) is 0. The minimum absolute atomic E-state index is 0.142. The average Bonchev–Trinajstić information content (AvgIpc) is 2.42. The molecule has 0 atom stereocenters. The smallest absolute Gasteiger partial charge is 0.262 e.